The van der Waals surface area contributed by atoms with Crippen LogP contribution in [0.1, 0.15) is 20.8 Å². The maximum Gasteiger partial charge on any atom is 0.321 e. The number of rotatable bonds is 1. The third kappa shape index (κ3) is 4.13. The first-order valence-electron chi connectivity index (χ1n) is 7.38. The van der Waals surface area contributed by atoms with E-state index in [0.717, 1.165) is 0 Å². The molecule has 2 rings (SSSR count). The molecule has 0 radical (unpaired) electrons. The van der Waals surface area contributed by atoms with Gasteiger partial charge < -0.3 is 15.1 Å². The van der Waals surface area contributed by atoms with E-state index in [1.165, 1.54) is 0 Å². The van der Waals surface area contributed by atoms with E-state index >= 15 is 0 Å². The lowest BCUT2D eigenvalue weighted by Gasteiger charge is -2.37. The molecule has 6 heteroatoms. The number of carbonyl (C=O) groups excluding carboxylic acids is 2. The van der Waals surface area contributed by atoms with Crippen molar-refractivity contribution in [3.05, 3.63) is 29.3 Å². The van der Waals surface area contributed by atoms with Crippen LogP contribution in [0.2, 0.25) is 5.02 Å². The Hall–Kier alpha value is -1.75. The van der Waals surface area contributed by atoms with Crippen LogP contribution in [-0.4, -0.2) is 47.9 Å². The van der Waals surface area contributed by atoms with Crippen molar-refractivity contribution in [2.75, 3.05) is 31.5 Å². The predicted octanol–water partition coefficient (Wildman–Crippen LogP) is 3.06. The Balaban J connectivity index is 1.89. The number of piperazine rings is 1. The highest BCUT2D eigenvalue weighted by Gasteiger charge is 2.30. The molecule has 22 heavy (non-hydrogen) atoms. The van der Waals surface area contributed by atoms with E-state index < -0.39 is 0 Å². The molecule has 1 N–H and O–H groups in total. The molecule has 1 aliphatic heterocycles. The van der Waals surface area contributed by atoms with Crippen LogP contribution in [0.3, 0.4) is 0 Å². The molecule has 1 heterocycles. The number of anilines is 1. The molecule has 1 fully saturated rings. The summed E-state index contributed by atoms with van der Waals surface area (Å²) in [6.07, 6.45) is 0. The molecular weight excluding hydrogens is 302 g/mol. The molecule has 1 aromatic carbocycles. The van der Waals surface area contributed by atoms with Gasteiger partial charge in [-0.1, -0.05) is 38.4 Å². The average molecular weight is 324 g/mol. The number of amides is 3. The molecular formula is C16H22ClN3O2. The smallest absolute Gasteiger partial charge is 0.321 e. The van der Waals surface area contributed by atoms with Gasteiger partial charge in [-0.2, -0.15) is 0 Å². The fraction of sp³-hybridized carbons (Fsp3) is 0.500. The monoisotopic (exact) mass is 323 g/mol. The lowest BCUT2D eigenvalue weighted by atomic mass is 9.94. The summed E-state index contributed by atoms with van der Waals surface area (Å²) in [5, 5.41) is 3.41. The van der Waals surface area contributed by atoms with Gasteiger partial charge in [-0.05, 0) is 18.2 Å². The maximum absolute atomic E-state index is 12.2. The minimum Gasteiger partial charge on any atom is -0.339 e. The molecule has 0 spiro atoms. The lowest BCUT2D eigenvalue weighted by molar-refractivity contribution is -0.140. The molecule has 0 unspecified atom stereocenters. The molecule has 0 saturated carbocycles. The van der Waals surface area contributed by atoms with Crippen LogP contribution in [-0.2, 0) is 4.79 Å². The van der Waals surface area contributed by atoms with Gasteiger partial charge in [0.2, 0.25) is 5.91 Å². The van der Waals surface area contributed by atoms with Gasteiger partial charge in [0.05, 0.1) is 0 Å². The minimum atomic E-state index is -0.384. The second-order valence-corrected chi connectivity index (χ2v) is 6.91. The minimum absolute atomic E-state index is 0.127. The summed E-state index contributed by atoms with van der Waals surface area (Å²) in [6, 6.07) is 6.89. The van der Waals surface area contributed by atoms with E-state index in [1.54, 1.807) is 29.2 Å². The summed E-state index contributed by atoms with van der Waals surface area (Å²) in [5.74, 6) is 0.127. The van der Waals surface area contributed by atoms with E-state index in [-0.39, 0.29) is 17.4 Å². The zero-order valence-corrected chi connectivity index (χ0v) is 14.0. The zero-order chi connectivity index (χ0) is 16.3. The van der Waals surface area contributed by atoms with Crippen LogP contribution < -0.4 is 5.32 Å². The van der Waals surface area contributed by atoms with Crippen LogP contribution in [0, 0.1) is 5.41 Å². The molecule has 1 saturated heterocycles. The van der Waals surface area contributed by atoms with Crippen molar-refractivity contribution in [2.45, 2.75) is 20.8 Å². The van der Waals surface area contributed by atoms with E-state index in [1.807, 2.05) is 25.7 Å². The first-order chi connectivity index (χ1) is 10.3. The predicted molar refractivity (Wildman–Crippen MR) is 88.1 cm³/mol. The summed E-state index contributed by atoms with van der Waals surface area (Å²) in [4.78, 5) is 28.0. The van der Waals surface area contributed by atoms with Crippen molar-refractivity contribution in [2.24, 2.45) is 5.41 Å². The molecule has 1 aliphatic rings. The van der Waals surface area contributed by atoms with Gasteiger partial charge in [-0.3, -0.25) is 4.79 Å². The van der Waals surface area contributed by atoms with E-state index in [4.69, 9.17) is 11.6 Å². The number of halogens is 1. The first-order valence-corrected chi connectivity index (χ1v) is 7.76. The third-order valence-electron chi connectivity index (χ3n) is 3.57. The van der Waals surface area contributed by atoms with Gasteiger partial charge in [0.1, 0.15) is 0 Å². The van der Waals surface area contributed by atoms with Crippen molar-refractivity contribution in [3.8, 4) is 0 Å². The fourth-order valence-corrected chi connectivity index (χ4v) is 2.55. The van der Waals surface area contributed by atoms with Crippen molar-refractivity contribution >= 4 is 29.2 Å². The van der Waals surface area contributed by atoms with Crippen LogP contribution in [0.4, 0.5) is 10.5 Å². The zero-order valence-electron chi connectivity index (χ0n) is 13.2. The van der Waals surface area contributed by atoms with E-state index in [9.17, 15) is 9.59 Å². The normalized spacial score (nSPS) is 15.6. The Bertz CT molecular complexity index is 561. The Morgan fingerprint density at radius 2 is 1.68 bits per heavy atom. The molecule has 120 valence electrons. The highest BCUT2D eigenvalue weighted by Crippen LogP contribution is 2.19. The number of nitrogens with one attached hydrogen (secondary N) is 1. The Morgan fingerprint density at radius 3 is 2.23 bits per heavy atom. The van der Waals surface area contributed by atoms with Crippen LogP contribution >= 0.6 is 11.6 Å². The van der Waals surface area contributed by atoms with E-state index in [2.05, 4.69) is 5.32 Å². The SMILES string of the molecule is CC(C)(C)C(=O)N1CCN(C(=O)Nc2cccc(Cl)c2)CC1. The Labute approximate surface area is 136 Å². The standard InChI is InChI=1S/C16H22ClN3O2/c1-16(2,3)14(21)19-7-9-20(10-8-19)15(22)18-13-6-4-5-12(17)11-13/h4-6,11H,7-10H2,1-3H3,(H,18,22). The number of hydrogen-bond donors (Lipinski definition) is 1. The quantitative estimate of drug-likeness (QED) is 0.863. The molecule has 5 nitrogen and oxygen atoms in total. The molecule has 0 bridgehead atoms. The highest BCUT2D eigenvalue weighted by molar-refractivity contribution is 6.30. The summed E-state index contributed by atoms with van der Waals surface area (Å²) >= 11 is 5.90. The Morgan fingerprint density at radius 1 is 1.09 bits per heavy atom. The van der Waals surface area contributed by atoms with Crippen LogP contribution in [0.15, 0.2) is 24.3 Å². The molecule has 0 aromatic heterocycles. The summed E-state index contributed by atoms with van der Waals surface area (Å²) < 4.78 is 0. The summed E-state index contributed by atoms with van der Waals surface area (Å²) in [6.45, 7) is 7.94. The van der Waals surface area contributed by atoms with E-state index in [0.29, 0.717) is 36.9 Å². The van der Waals surface area contributed by atoms with Crippen molar-refractivity contribution < 1.29 is 9.59 Å². The lowest BCUT2D eigenvalue weighted by Crippen LogP contribution is -2.53. The van der Waals surface area contributed by atoms with Crippen LogP contribution in [0.25, 0.3) is 0 Å². The largest absolute Gasteiger partial charge is 0.339 e. The number of hydrogen-bond acceptors (Lipinski definition) is 2. The molecule has 0 aliphatic carbocycles. The summed E-state index contributed by atoms with van der Waals surface area (Å²) in [7, 11) is 0. The number of benzene rings is 1. The van der Waals surface area contributed by atoms with Crippen molar-refractivity contribution in [1.82, 2.24) is 9.80 Å². The van der Waals surface area contributed by atoms with Gasteiger partial charge in [-0.15, -0.1) is 0 Å². The number of carbonyl (C=O) groups is 2. The molecule has 3 amide bonds. The molecule has 0 atom stereocenters. The third-order valence-corrected chi connectivity index (χ3v) is 3.81. The van der Waals surface area contributed by atoms with Crippen molar-refractivity contribution in [3.63, 3.8) is 0 Å². The first kappa shape index (κ1) is 16.6. The van der Waals surface area contributed by atoms with Crippen LogP contribution in [0.5, 0.6) is 0 Å². The Kier molecular flexibility index (Phi) is 4.96. The maximum atomic E-state index is 12.2. The molecule has 1 aromatic rings. The van der Waals surface area contributed by atoms with Gasteiger partial charge in [0.15, 0.2) is 0 Å². The topological polar surface area (TPSA) is 52.7 Å². The number of urea groups is 1. The second-order valence-electron chi connectivity index (χ2n) is 6.47. The highest BCUT2D eigenvalue weighted by atomic mass is 35.5. The second kappa shape index (κ2) is 6.57. The number of nitrogens with zero attached hydrogens (tertiary/aromatic N) is 2. The van der Waals surface area contributed by atoms with Gasteiger partial charge in [-0.25, -0.2) is 4.79 Å². The van der Waals surface area contributed by atoms with Gasteiger partial charge in [0.25, 0.3) is 0 Å². The summed E-state index contributed by atoms with van der Waals surface area (Å²) in [5.41, 5.74) is 0.288. The van der Waals surface area contributed by atoms with Gasteiger partial charge in [0, 0.05) is 42.3 Å². The van der Waals surface area contributed by atoms with Gasteiger partial charge >= 0.3 is 6.03 Å². The fourth-order valence-electron chi connectivity index (χ4n) is 2.36. The van der Waals surface area contributed by atoms with Crippen molar-refractivity contribution in [1.29, 1.82) is 0 Å². The average Bonchev–Trinajstić information content (AvgIpc) is 2.45.